The van der Waals surface area contributed by atoms with Crippen molar-refractivity contribution in [2.45, 2.75) is 43.4 Å². The predicted molar refractivity (Wildman–Crippen MR) is 108 cm³/mol. The van der Waals surface area contributed by atoms with Gasteiger partial charge in [0.05, 0.1) is 16.8 Å². The molecule has 0 bridgehead atoms. The van der Waals surface area contributed by atoms with E-state index in [2.05, 4.69) is 15.0 Å². The van der Waals surface area contributed by atoms with Gasteiger partial charge in [-0.15, -0.1) is 0 Å². The van der Waals surface area contributed by atoms with Crippen molar-refractivity contribution in [3.05, 3.63) is 63.9 Å². The molecule has 1 atom stereocenters. The lowest BCUT2D eigenvalue weighted by Crippen LogP contribution is -2.56. The zero-order chi connectivity index (χ0) is 24.2. The molecule has 0 spiro atoms. The van der Waals surface area contributed by atoms with Crippen molar-refractivity contribution < 1.29 is 37.1 Å². The molecule has 33 heavy (non-hydrogen) atoms. The number of carbonyl (C=O) groups excluding carboxylic acids is 1. The summed E-state index contributed by atoms with van der Waals surface area (Å²) < 4.78 is 60.4. The Morgan fingerprint density at radius 3 is 2.58 bits per heavy atom. The molecule has 0 saturated heterocycles. The van der Waals surface area contributed by atoms with Crippen LogP contribution in [0.4, 0.5) is 23.2 Å². The molecule has 1 aromatic heterocycles. The number of nitrogens with zero attached hydrogens (tertiary/aromatic N) is 1. The number of benzene rings is 2. The van der Waals surface area contributed by atoms with Gasteiger partial charge in [-0.2, -0.15) is 13.2 Å². The average molecular weight is 466 g/mol. The third-order valence-electron chi connectivity index (χ3n) is 5.98. The van der Waals surface area contributed by atoms with Gasteiger partial charge in [0.25, 0.3) is 5.91 Å². The molecule has 1 heterocycles. The van der Waals surface area contributed by atoms with Crippen LogP contribution in [-0.4, -0.2) is 33.1 Å². The first kappa shape index (κ1) is 22.7. The summed E-state index contributed by atoms with van der Waals surface area (Å²) in [5, 5.41) is 26.4. The van der Waals surface area contributed by atoms with E-state index in [1.165, 1.54) is 25.1 Å². The smallest absolute Gasteiger partial charge is 0.426 e. The molecule has 7 nitrogen and oxygen atoms in total. The molecule has 0 aliphatic heterocycles. The van der Waals surface area contributed by atoms with Gasteiger partial charge in [-0.1, -0.05) is 11.2 Å². The van der Waals surface area contributed by atoms with Gasteiger partial charge >= 0.3 is 11.8 Å². The van der Waals surface area contributed by atoms with Crippen LogP contribution in [0.1, 0.15) is 30.5 Å². The number of amides is 1. The van der Waals surface area contributed by atoms with E-state index >= 15 is 0 Å². The molecule has 4 rings (SSSR count). The average Bonchev–Trinajstić information content (AvgIpc) is 3.52. The maximum Gasteiger partial charge on any atom is 0.426 e. The van der Waals surface area contributed by atoms with Gasteiger partial charge in [0.2, 0.25) is 5.60 Å². The van der Waals surface area contributed by atoms with E-state index < -0.39 is 46.7 Å². The molecule has 3 aromatic rings. The third-order valence-corrected chi connectivity index (χ3v) is 5.98. The SMILES string of the molecule is Cc1noc(=O)c2cccc(NC(=O)C(O)(CC3(c4cc(F)ccc4O)CC3)C(F)(F)F)c12. The second-order valence-corrected chi connectivity index (χ2v) is 8.21. The van der Waals surface area contributed by atoms with Crippen LogP contribution in [0.15, 0.2) is 45.7 Å². The molecule has 11 heteroatoms. The Morgan fingerprint density at radius 1 is 1.24 bits per heavy atom. The zero-order valence-corrected chi connectivity index (χ0v) is 17.2. The molecule has 1 aliphatic rings. The lowest BCUT2D eigenvalue weighted by atomic mass is 9.81. The van der Waals surface area contributed by atoms with Gasteiger partial charge in [0.1, 0.15) is 11.6 Å². The summed E-state index contributed by atoms with van der Waals surface area (Å²) in [6.07, 6.45) is -6.31. The second kappa shape index (κ2) is 7.55. The fourth-order valence-corrected chi connectivity index (χ4v) is 4.07. The summed E-state index contributed by atoms with van der Waals surface area (Å²) in [4.78, 5) is 24.8. The van der Waals surface area contributed by atoms with E-state index in [0.29, 0.717) is 0 Å². The topological polar surface area (TPSA) is 113 Å². The highest BCUT2D eigenvalue weighted by Gasteiger charge is 2.65. The van der Waals surface area contributed by atoms with Gasteiger partial charge in [0, 0.05) is 22.8 Å². The number of anilines is 1. The minimum atomic E-state index is -5.40. The largest absolute Gasteiger partial charge is 0.508 e. The van der Waals surface area contributed by atoms with Gasteiger partial charge in [-0.3, -0.25) is 4.79 Å². The van der Waals surface area contributed by atoms with E-state index in [4.69, 9.17) is 0 Å². The predicted octanol–water partition coefficient (Wildman–Crippen LogP) is 3.69. The zero-order valence-electron chi connectivity index (χ0n) is 17.2. The van der Waals surface area contributed by atoms with Gasteiger partial charge in [-0.05, 0) is 50.1 Å². The Kier molecular flexibility index (Phi) is 5.19. The number of aromatic hydroxyl groups is 1. The number of phenols is 1. The lowest BCUT2D eigenvalue weighted by molar-refractivity contribution is -0.253. The van der Waals surface area contributed by atoms with Crippen LogP contribution in [0.3, 0.4) is 0 Å². The number of alkyl halides is 3. The maximum absolute atomic E-state index is 14.0. The Bertz CT molecular complexity index is 1320. The van der Waals surface area contributed by atoms with Crippen LogP contribution >= 0.6 is 0 Å². The number of hydrogen-bond acceptors (Lipinski definition) is 6. The summed E-state index contributed by atoms with van der Waals surface area (Å²) in [6, 6.07) is 6.80. The highest BCUT2D eigenvalue weighted by molar-refractivity contribution is 6.05. The van der Waals surface area contributed by atoms with E-state index in [9.17, 15) is 37.4 Å². The summed E-state index contributed by atoms with van der Waals surface area (Å²) in [5.41, 5.74) is -6.30. The van der Waals surface area contributed by atoms with Crippen molar-refractivity contribution in [3.8, 4) is 5.75 Å². The van der Waals surface area contributed by atoms with Crippen LogP contribution in [0, 0.1) is 12.7 Å². The van der Waals surface area contributed by atoms with Crippen LogP contribution in [0.2, 0.25) is 0 Å². The Labute approximate surface area is 183 Å². The summed E-state index contributed by atoms with van der Waals surface area (Å²) in [7, 11) is 0. The normalized spacial score (nSPS) is 16.9. The number of nitrogens with one attached hydrogen (secondary N) is 1. The Hall–Kier alpha value is -3.47. The van der Waals surface area contributed by atoms with Crippen molar-refractivity contribution in [1.82, 2.24) is 5.16 Å². The first-order valence-electron chi connectivity index (χ1n) is 9.87. The number of hydrogen-bond donors (Lipinski definition) is 3. The highest BCUT2D eigenvalue weighted by Crippen LogP contribution is 2.57. The van der Waals surface area contributed by atoms with Gasteiger partial charge < -0.3 is 20.1 Å². The molecular formula is C22H18F4N2O5. The molecule has 3 N–H and O–H groups in total. The number of halogens is 4. The van der Waals surface area contributed by atoms with Crippen molar-refractivity contribution in [3.63, 3.8) is 0 Å². The minimum absolute atomic E-state index is 0.0146. The quantitative estimate of drug-likeness (QED) is 0.495. The third kappa shape index (κ3) is 3.82. The molecule has 1 saturated carbocycles. The van der Waals surface area contributed by atoms with Crippen LogP contribution in [0.5, 0.6) is 5.75 Å². The van der Waals surface area contributed by atoms with Crippen LogP contribution in [0.25, 0.3) is 10.8 Å². The number of fused-ring (bicyclic) bond motifs is 1. The van der Waals surface area contributed by atoms with Crippen LogP contribution in [-0.2, 0) is 10.2 Å². The first-order valence-corrected chi connectivity index (χ1v) is 9.87. The summed E-state index contributed by atoms with van der Waals surface area (Å²) >= 11 is 0. The summed E-state index contributed by atoms with van der Waals surface area (Å²) in [6.45, 7) is 1.43. The van der Waals surface area contributed by atoms with Crippen molar-refractivity contribution in [2.75, 3.05) is 5.32 Å². The van der Waals surface area contributed by atoms with E-state index in [1.807, 2.05) is 0 Å². The molecule has 174 valence electrons. The fourth-order valence-electron chi connectivity index (χ4n) is 4.07. The number of carbonyl (C=O) groups is 1. The molecule has 2 aromatic carbocycles. The van der Waals surface area contributed by atoms with Crippen LogP contribution < -0.4 is 10.9 Å². The Morgan fingerprint density at radius 2 is 1.94 bits per heavy atom. The first-order chi connectivity index (χ1) is 15.4. The molecule has 1 unspecified atom stereocenters. The fraction of sp³-hybridized carbons (Fsp3) is 0.318. The molecule has 0 radical (unpaired) electrons. The number of rotatable bonds is 5. The van der Waals surface area contributed by atoms with E-state index in [1.54, 1.807) is 0 Å². The van der Waals surface area contributed by atoms with E-state index in [0.717, 1.165) is 18.2 Å². The van der Waals surface area contributed by atoms with Crippen molar-refractivity contribution >= 4 is 22.4 Å². The molecule has 1 amide bonds. The van der Waals surface area contributed by atoms with E-state index in [-0.39, 0.29) is 40.6 Å². The number of aromatic nitrogens is 1. The highest BCUT2D eigenvalue weighted by atomic mass is 19.4. The summed E-state index contributed by atoms with van der Waals surface area (Å²) in [5.74, 6) is -2.98. The number of phenolic OH excluding ortho intramolecular Hbond substituents is 1. The monoisotopic (exact) mass is 466 g/mol. The van der Waals surface area contributed by atoms with Crippen molar-refractivity contribution in [2.24, 2.45) is 0 Å². The standard InChI is InChI=1S/C22H18F4N2O5/c1-11-17-13(18(30)33-28-11)3-2-4-15(17)27-19(31)21(32,22(24,25)26)10-20(7-8-20)14-9-12(23)5-6-16(14)29/h2-6,9,29,32H,7-8,10H2,1H3,(H,27,31). The molecule has 1 fully saturated rings. The Balaban J connectivity index is 1.74. The number of aryl methyl sites for hydroxylation is 1. The maximum atomic E-state index is 14.0. The molecule has 1 aliphatic carbocycles. The lowest BCUT2D eigenvalue weighted by Gasteiger charge is -2.33. The molecular weight excluding hydrogens is 448 g/mol. The van der Waals surface area contributed by atoms with Gasteiger partial charge in [0.15, 0.2) is 0 Å². The van der Waals surface area contributed by atoms with Gasteiger partial charge in [-0.25, -0.2) is 9.18 Å². The minimum Gasteiger partial charge on any atom is -0.508 e. The number of aliphatic hydroxyl groups is 1. The second-order valence-electron chi connectivity index (χ2n) is 8.21. The van der Waals surface area contributed by atoms with Crippen molar-refractivity contribution in [1.29, 1.82) is 0 Å².